The molecule has 0 saturated heterocycles. The van der Waals surface area contributed by atoms with Crippen LogP contribution in [0.25, 0.3) is 10.9 Å². The molecule has 0 bridgehead atoms. The molecular formula is C12H13N. The lowest BCUT2D eigenvalue weighted by atomic mass is 10.1. The predicted molar refractivity (Wildman–Crippen MR) is 55.0 cm³/mol. The van der Waals surface area contributed by atoms with Crippen molar-refractivity contribution in [3.8, 4) is 0 Å². The van der Waals surface area contributed by atoms with Crippen LogP contribution in [0.15, 0.2) is 24.4 Å². The van der Waals surface area contributed by atoms with Gasteiger partial charge in [0.05, 0.1) is 0 Å². The summed E-state index contributed by atoms with van der Waals surface area (Å²) >= 11 is 0. The van der Waals surface area contributed by atoms with Gasteiger partial charge in [0.25, 0.3) is 0 Å². The number of benzene rings is 1. The number of rotatable bonds is 1. The molecule has 1 aromatic carbocycles. The van der Waals surface area contributed by atoms with Gasteiger partial charge in [0.15, 0.2) is 0 Å². The summed E-state index contributed by atoms with van der Waals surface area (Å²) < 4.78 is 0. The maximum absolute atomic E-state index is 3.34. The van der Waals surface area contributed by atoms with E-state index in [2.05, 4.69) is 36.3 Å². The highest BCUT2D eigenvalue weighted by molar-refractivity contribution is 5.84. The van der Waals surface area contributed by atoms with Crippen LogP contribution in [0.1, 0.15) is 29.9 Å². The van der Waals surface area contributed by atoms with E-state index in [1.807, 2.05) is 0 Å². The number of nitrogens with one attached hydrogen (secondary N) is 1. The number of aromatic amines is 1. The Balaban J connectivity index is 2.29. The highest BCUT2D eigenvalue weighted by Crippen LogP contribution is 2.43. The van der Waals surface area contributed by atoms with E-state index >= 15 is 0 Å². The first-order valence-electron chi connectivity index (χ1n) is 4.92. The van der Waals surface area contributed by atoms with Crippen molar-refractivity contribution in [1.29, 1.82) is 0 Å². The monoisotopic (exact) mass is 171 g/mol. The summed E-state index contributed by atoms with van der Waals surface area (Å²) in [5.41, 5.74) is 4.17. The number of H-pyrrole nitrogens is 1. The van der Waals surface area contributed by atoms with Gasteiger partial charge in [0.1, 0.15) is 0 Å². The third kappa shape index (κ3) is 1.07. The maximum Gasteiger partial charge on any atom is 0.0457 e. The van der Waals surface area contributed by atoms with Crippen LogP contribution in [0.2, 0.25) is 0 Å². The minimum Gasteiger partial charge on any atom is -0.361 e. The van der Waals surface area contributed by atoms with Crippen LogP contribution in [0.4, 0.5) is 0 Å². The molecule has 1 heteroatoms. The van der Waals surface area contributed by atoms with Gasteiger partial charge in [-0.05, 0) is 43.4 Å². The fraction of sp³-hybridized carbons (Fsp3) is 0.333. The van der Waals surface area contributed by atoms with Gasteiger partial charge >= 0.3 is 0 Å². The van der Waals surface area contributed by atoms with Crippen LogP contribution >= 0.6 is 0 Å². The van der Waals surface area contributed by atoms with Crippen molar-refractivity contribution in [2.45, 2.75) is 25.7 Å². The molecule has 1 N–H and O–H groups in total. The molecule has 1 nitrogen and oxygen atoms in total. The fourth-order valence-corrected chi connectivity index (χ4v) is 1.99. The summed E-state index contributed by atoms with van der Waals surface area (Å²) in [6.45, 7) is 2.16. The second-order valence-electron chi connectivity index (χ2n) is 4.07. The molecule has 0 unspecified atom stereocenters. The number of aromatic nitrogens is 1. The molecule has 0 amide bonds. The number of hydrogen-bond acceptors (Lipinski definition) is 0. The van der Waals surface area contributed by atoms with E-state index in [0.29, 0.717) is 0 Å². The molecule has 2 aromatic rings. The molecule has 0 radical (unpaired) electrons. The van der Waals surface area contributed by atoms with Gasteiger partial charge in [0.2, 0.25) is 0 Å². The molecule has 66 valence electrons. The lowest BCUT2D eigenvalue weighted by Gasteiger charge is -1.96. The van der Waals surface area contributed by atoms with Crippen LogP contribution < -0.4 is 0 Å². The highest BCUT2D eigenvalue weighted by atomic mass is 14.7. The first-order chi connectivity index (χ1) is 6.34. The second-order valence-corrected chi connectivity index (χ2v) is 4.07. The van der Waals surface area contributed by atoms with Gasteiger partial charge in [-0.15, -0.1) is 0 Å². The molecule has 13 heavy (non-hydrogen) atoms. The first kappa shape index (κ1) is 7.19. The van der Waals surface area contributed by atoms with Gasteiger partial charge < -0.3 is 4.98 Å². The largest absolute Gasteiger partial charge is 0.361 e. The van der Waals surface area contributed by atoms with Gasteiger partial charge in [-0.1, -0.05) is 11.6 Å². The Morgan fingerprint density at radius 3 is 2.92 bits per heavy atom. The number of hydrogen-bond donors (Lipinski definition) is 1. The van der Waals surface area contributed by atoms with Crippen molar-refractivity contribution in [3.63, 3.8) is 0 Å². The molecule has 1 heterocycles. The zero-order chi connectivity index (χ0) is 8.84. The molecule has 1 saturated carbocycles. The Hall–Kier alpha value is -1.24. The van der Waals surface area contributed by atoms with E-state index in [1.54, 1.807) is 0 Å². The van der Waals surface area contributed by atoms with Crippen LogP contribution in [-0.2, 0) is 0 Å². The normalized spacial score (nSPS) is 16.7. The van der Waals surface area contributed by atoms with E-state index in [9.17, 15) is 0 Å². The van der Waals surface area contributed by atoms with Crippen LogP contribution in [0.3, 0.4) is 0 Å². The Kier molecular flexibility index (Phi) is 1.32. The van der Waals surface area contributed by atoms with E-state index in [1.165, 1.54) is 34.9 Å². The van der Waals surface area contributed by atoms with E-state index in [0.717, 1.165) is 5.92 Å². The summed E-state index contributed by atoms with van der Waals surface area (Å²) in [7, 11) is 0. The van der Waals surface area contributed by atoms with Crippen molar-refractivity contribution in [1.82, 2.24) is 4.98 Å². The molecule has 1 aliphatic carbocycles. The van der Waals surface area contributed by atoms with Crippen molar-refractivity contribution >= 4 is 10.9 Å². The molecule has 1 fully saturated rings. The number of aryl methyl sites for hydroxylation is 1. The third-order valence-electron chi connectivity index (χ3n) is 2.89. The zero-order valence-corrected chi connectivity index (χ0v) is 7.80. The van der Waals surface area contributed by atoms with Crippen molar-refractivity contribution < 1.29 is 0 Å². The summed E-state index contributed by atoms with van der Waals surface area (Å²) in [4.78, 5) is 3.34. The van der Waals surface area contributed by atoms with Crippen LogP contribution in [0.5, 0.6) is 0 Å². The average Bonchev–Trinajstić information content (AvgIpc) is 2.87. The molecule has 0 atom stereocenters. The smallest absolute Gasteiger partial charge is 0.0457 e. The Bertz CT molecular complexity index is 449. The summed E-state index contributed by atoms with van der Waals surface area (Å²) in [5, 5.41) is 1.43. The SMILES string of the molecule is Cc1ccc2[nH]cc(C3CC3)c2c1. The minimum absolute atomic E-state index is 0.843. The topological polar surface area (TPSA) is 15.8 Å². The predicted octanol–water partition coefficient (Wildman–Crippen LogP) is 3.35. The average molecular weight is 171 g/mol. The summed E-state index contributed by atoms with van der Waals surface area (Å²) in [5.74, 6) is 0.843. The van der Waals surface area contributed by atoms with Crippen molar-refractivity contribution in [2.24, 2.45) is 0 Å². The molecular weight excluding hydrogens is 158 g/mol. The van der Waals surface area contributed by atoms with Crippen molar-refractivity contribution in [3.05, 3.63) is 35.5 Å². The second kappa shape index (κ2) is 2.38. The molecule has 3 rings (SSSR count). The van der Waals surface area contributed by atoms with Gasteiger partial charge in [-0.3, -0.25) is 0 Å². The van der Waals surface area contributed by atoms with Gasteiger partial charge in [-0.2, -0.15) is 0 Å². The summed E-state index contributed by atoms with van der Waals surface area (Å²) in [6.07, 6.45) is 4.93. The van der Waals surface area contributed by atoms with E-state index in [4.69, 9.17) is 0 Å². The quantitative estimate of drug-likeness (QED) is 0.677. The fourth-order valence-electron chi connectivity index (χ4n) is 1.99. The van der Waals surface area contributed by atoms with E-state index in [-0.39, 0.29) is 0 Å². The first-order valence-corrected chi connectivity index (χ1v) is 4.92. The Morgan fingerprint density at radius 1 is 1.31 bits per heavy atom. The molecule has 0 aliphatic heterocycles. The number of fused-ring (bicyclic) bond motifs is 1. The highest BCUT2D eigenvalue weighted by Gasteiger charge is 2.25. The molecule has 1 aromatic heterocycles. The van der Waals surface area contributed by atoms with E-state index < -0.39 is 0 Å². The lowest BCUT2D eigenvalue weighted by Crippen LogP contribution is -1.76. The minimum atomic E-state index is 0.843. The standard InChI is InChI=1S/C12H13N/c1-8-2-5-12-10(6-8)11(7-13-12)9-3-4-9/h2,5-7,9,13H,3-4H2,1H3. The summed E-state index contributed by atoms with van der Waals surface area (Å²) in [6, 6.07) is 6.63. The van der Waals surface area contributed by atoms with Crippen LogP contribution in [-0.4, -0.2) is 4.98 Å². The van der Waals surface area contributed by atoms with Gasteiger partial charge in [0, 0.05) is 17.1 Å². The van der Waals surface area contributed by atoms with Crippen LogP contribution in [0, 0.1) is 6.92 Å². The molecule has 0 spiro atoms. The van der Waals surface area contributed by atoms with Crippen molar-refractivity contribution in [2.75, 3.05) is 0 Å². The molecule has 1 aliphatic rings. The zero-order valence-electron chi connectivity index (χ0n) is 7.80. The Morgan fingerprint density at radius 2 is 2.15 bits per heavy atom. The lowest BCUT2D eigenvalue weighted by molar-refractivity contribution is 1.15. The maximum atomic E-state index is 3.34. The van der Waals surface area contributed by atoms with Gasteiger partial charge in [-0.25, -0.2) is 0 Å². The Labute approximate surface area is 77.8 Å². The third-order valence-corrected chi connectivity index (χ3v) is 2.89.